The Kier molecular flexibility index (Phi) is 2.91. The van der Waals surface area contributed by atoms with Crippen LogP contribution >= 0.6 is 0 Å². The molecule has 0 spiro atoms. The molecule has 7 nitrogen and oxygen atoms in total. The number of anilines is 1. The summed E-state index contributed by atoms with van der Waals surface area (Å²) in [5, 5.41) is 20.7. The van der Waals surface area contributed by atoms with Crippen LogP contribution in [0.5, 0.6) is 5.75 Å². The third-order valence-corrected chi connectivity index (χ3v) is 3.45. The Hall–Kier alpha value is -3.22. The number of carbonyl (C=O) groups excluding carboxylic acids is 2. The van der Waals surface area contributed by atoms with Gasteiger partial charge in [-0.05, 0) is 30.7 Å². The number of aromatic hydroxyl groups is 1. The SMILES string of the molecule is Cc1ccc(O)c(N2C(=O)c3ccc([N+](=O)[O-])cc3C2=O)c1. The molecule has 0 saturated heterocycles. The second-order valence-corrected chi connectivity index (χ2v) is 4.92. The smallest absolute Gasteiger partial charge is 0.270 e. The lowest BCUT2D eigenvalue weighted by molar-refractivity contribution is -0.384. The van der Waals surface area contributed by atoms with E-state index in [0.717, 1.165) is 16.5 Å². The third kappa shape index (κ3) is 1.91. The predicted molar refractivity (Wildman–Crippen MR) is 77.1 cm³/mol. The summed E-state index contributed by atoms with van der Waals surface area (Å²) in [6.07, 6.45) is 0. The van der Waals surface area contributed by atoms with Crippen molar-refractivity contribution in [2.45, 2.75) is 6.92 Å². The first-order chi connectivity index (χ1) is 10.4. The fourth-order valence-corrected chi connectivity index (χ4v) is 2.37. The van der Waals surface area contributed by atoms with E-state index in [2.05, 4.69) is 0 Å². The number of nitrogens with zero attached hydrogens (tertiary/aromatic N) is 2. The highest BCUT2D eigenvalue weighted by molar-refractivity contribution is 6.35. The van der Waals surface area contributed by atoms with Crippen LogP contribution in [0.15, 0.2) is 36.4 Å². The Balaban J connectivity index is 2.14. The normalized spacial score (nSPS) is 13.4. The van der Waals surface area contributed by atoms with Crippen molar-refractivity contribution < 1.29 is 19.6 Å². The maximum absolute atomic E-state index is 12.4. The summed E-state index contributed by atoms with van der Waals surface area (Å²) in [5.41, 5.74) is 0.594. The minimum absolute atomic E-state index is 0.0416. The fraction of sp³-hybridized carbons (Fsp3) is 0.0667. The summed E-state index contributed by atoms with van der Waals surface area (Å²) in [5.74, 6) is -1.52. The van der Waals surface area contributed by atoms with Gasteiger partial charge in [-0.3, -0.25) is 19.7 Å². The average molecular weight is 298 g/mol. The second kappa shape index (κ2) is 4.66. The quantitative estimate of drug-likeness (QED) is 0.521. The van der Waals surface area contributed by atoms with Gasteiger partial charge in [-0.25, -0.2) is 4.90 Å². The Morgan fingerprint density at radius 1 is 1.05 bits per heavy atom. The number of amides is 2. The Bertz CT molecular complexity index is 844. The number of non-ortho nitro benzene ring substituents is 1. The molecule has 0 aliphatic carbocycles. The van der Waals surface area contributed by atoms with Gasteiger partial charge >= 0.3 is 0 Å². The zero-order chi connectivity index (χ0) is 16.0. The number of phenolic OH excluding ortho intramolecular Hbond substituents is 1. The minimum atomic E-state index is -0.690. The maximum Gasteiger partial charge on any atom is 0.270 e. The number of hydrogen-bond acceptors (Lipinski definition) is 5. The lowest BCUT2D eigenvalue weighted by atomic mass is 10.1. The van der Waals surface area contributed by atoms with Gasteiger partial charge in [0.2, 0.25) is 0 Å². The van der Waals surface area contributed by atoms with E-state index in [9.17, 15) is 24.8 Å². The van der Waals surface area contributed by atoms with Crippen molar-refractivity contribution >= 4 is 23.2 Å². The molecule has 7 heteroatoms. The van der Waals surface area contributed by atoms with Crippen molar-refractivity contribution in [3.05, 3.63) is 63.2 Å². The molecule has 0 fully saturated rings. The van der Waals surface area contributed by atoms with E-state index in [0.29, 0.717) is 0 Å². The van der Waals surface area contributed by atoms with Crippen molar-refractivity contribution in [3.63, 3.8) is 0 Å². The van der Waals surface area contributed by atoms with Crippen LogP contribution in [0, 0.1) is 17.0 Å². The minimum Gasteiger partial charge on any atom is -0.506 e. The number of benzene rings is 2. The highest BCUT2D eigenvalue weighted by Gasteiger charge is 2.39. The first-order valence-electron chi connectivity index (χ1n) is 6.37. The first kappa shape index (κ1) is 13.7. The van der Waals surface area contributed by atoms with E-state index < -0.39 is 16.7 Å². The molecular formula is C15H10N2O5. The molecule has 0 aromatic heterocycles. The van der Waals surface area contributed by atoms with Crippen molar-refractivity contribution in [2.75, 3.05) is 4.90 Å². The average Bonchev–Trinajstić information content (AvgIpc) is 2.73. The number of nitro benzene ring substituents is 1. The van der Waals surface area contributed by atoms with Gasteiger partial charge in [0, 0.05) is 12.1 Å². The zero-order valence-electron chi connectivity index (χ0n) is 11.4. The number of fused-ring (bicyclic) bond motifs is 1. The van der Waals surface area contributed by atoms with Crippen LogP contribution < -0.4 is 4.90 Å². The fourth-order valence-electron chi connectivity index (χ4n) is 2.37. The molecule has 1 heterocycles. The first-order valence-corrected chi connectivity index (χ1v) is 6.37. The second-order valence-electron chi connectivity index (χ2n) is 4.92. The maximum atomic E-state index is 12.4. The van der Waals surface area contributed by atoms with Gasteiger partial charge in [-0.2, -0.15) is 0 Å². The summed E-state index contributed by atoms with van der Waals surface area (Å²) < 4.78 is 0. The number of phenols is 1. The monoisotopic (exact) mass is 298 g/mol. The van der Waals surface area contributed by atoms with Crippen LogP contribution in [0.1, 0.15) is 26.3 Å². The van der Waals surface area contributed by atoms with E-state index in [4.69, 9.17) is 0 Å². The van der Waals surface area contributed by atoms with E-state index in [-0.39, 0.29) is 28.3 Å². The summed E-state index contributed by atoms with van der Waals surface area (Å²) in [6.45, 7) is 1.76. The zero-order valence-corrected chi connectivity index (χ0v) is 11.4. The Morgan fingerprint density at radius 2 is 1.73 bits per heavy atom. The van der Waals surface area contributed by atoms with Crippen molar-refractivity contribution in [1.82, 2.24) is 0 Å². The van der Waals surface area contributed by atoms with E-state index in [1.54, 1.807) is 13.0 Å². The number of carbonyl (C=O) groups is 2. The summed E-state index contributed by atoms with van der Waals surface area (Å²) in [4.78, 5) is 35.8. The number of aryl methyl sites for hydroxylation is 1. The highest BCUT2D eigenvalue weighted by atomic mass is 16.6. The van der Waals surface area contributed by atoms with Crippen LogP contribution in [-0.4, -0.2) is 21.8 Å². The summed E-state index contributed by atoms with van der Waals surface area (Å²) >= 11 is 0. The van der Waals surface area contributed by atoms with Crippen LogP contribution in [0.2, 0.25) is 0 Å². The van der Waals surface area contributed by atoms with E-state index in [1.165, 1.54) is 24.3 Å². The van der Waals surface area contributed by atoms with Crippen LogP contribution in [-0.2, 0) is 0 Å². The van der Waals surface area contributed by atoms with Crippen LogP contribution in [0.25, 0.3) is 0 Å². The van der Waals surface area contributed by atoms with Gasteiger partial charge in [0.1, 0.15) is 5.75 Å². The molecule has 1 aliphatic rings. The van der Waals surface area contributed by atoms with Gasteiger partial charge in [0.15, 0.2) is 0 Å². The van der Waals surface area contributed by atoms with Gasteiger partial charge in [0.25, 0.3) is 17.5 Å². The highest BCUT2D eigenvalue weighted by Crippen LogP contribution is 2.35. The molecule has 2 aromatic rings. The van der Waals surface area contributed by atoms with Crippen molar-refractivity contribution in [3.8, 4) is 5.75 Å². The van der Waals surface area contributed by atoms with Crippen LogP contribution in [0.3, 0.4) is 0 Å². The molecule has 1 N–H and O–H groups in total. The van der Waals surface area contributed by atoms with Gasteiger partial charge in [-0.15, -0.1) is 0 Å². The number of rotatable bonds is 2. The molecule has 22 heavy (non-hydrogen) atoms. The van der Waals surface area contributed by atoms with Gasteiger partial charge in [0.05, 0.1) is 21.7 Å². The van der Waals surface area contributed by atoms with Crippen molar-refractivity contribution in [2.24, 2.45) is 0 Å². The topological polar surface area (TPSA) is 101 Å². The lowest BCUT2D eigenvalue weighted by Gasteiger charge is -2.15. The standard InChI is InChI=1S/C15H10N2O5/c1-8-2-5-13(18)12(6-8)16-14(19)10-4-3-9(17(21)22)7-11(10)15(16)20/h2-7,18H,1H3. The molecule has 0 unspecified atom stereocenters. The van der Waals surface area contributed by atoms with Crippen molar-refractivity contribution in [1.29, 1.82) is 0 Å². The molecule has 0 saturated carbocycles. The third-order valence-electron chi connectivity index (χ3n) is 3.45. The Morgan fingerprint density at radius 3 is 2.41 bits per heavy atom. The molecule has 0 bridgehead atoms. The number of hydrogen-bond donors (Lipinski definition) is 1. The van der Waals surface area contributed by atoms with Crippen LogP contribution in [0.4, 0.5) is 11.4 Å². The largest absolute Gasteiger partial charge is 0.506 e. The molecule has 3 rings (SSSR count). The number of nitro groups is 1. The molecule has 1 aliphatic heterocycles. The summed E-state index contributed by atoms with van der Waals surface area (Å²) in [7, 11) is 0. The van der Waals surface area contributed by atoms with E-state index >= 15 is 0 Å². The molecule has 110 valence electrons. The van der Waals surface area contributed by atoms with Gasteiger partial charge in [-0.1, -0.05) is 6.07 Å². The predicted octanol–water partition coefficient (Wildman–Crippen LogP) is 2.41. The van der Waals surface area contributed by atoms with Gasteiger partial charge < -0.3 is 5.11 Å². The summed E-state index contributed by atoms with van der Waals surface area (Å²) in [6, 6.07) is 8.02. The number of imide groups is 1. The molecular weight excluding hydrogens is 288 g/mol. The molecule has 0 atom stereocenters. The molecule has 2 amide bonds. The Labute approximate surface area is 124 Å². The van der Waals surface area contributed by atoms with E-state index in [1.807, 2.05) is 0 Å². The lowest BCUT2D eigenvalue weighted by Crippen LogP contribution is -2.29. The molecule has 2 aromatic carbocycles. The molecule has 0 radical (unpaired) electrons.